The van der Waals surface area contributed by atoms with E-state index in [1.165, 1.54) is 12.8 Å². The molecule has 0 spiro atoms. The molecule has 0 unspecified atom stereocenters. The molecular formula is C12H19N3O. The molecule has 4 heteroatoms. The highest BCUT2D eigenvalue weighted by molar-refractivity contribution is 5.06. The van der Waals surface area contributed by atoms with Crippen molar-refractivity contribution in [3.05, 3.63) is 27.9 Å². The summed E-state index contributed by atoms with van der Waals surface area (Å²) < 4.78 is 0. The van der Waals surface area contributed by atoms with Gasteiger partial charge in [0.05, 0.1) is 0 Å². The molecule has 0 saturated carbocycles. The van der Waals surface area contributed by atoms with Crippen LogP contribution in [-0.2, 0) is 6.42 Å². The van der Waals surface area contributed by atoms with Crippen LogP contribution in [0.5, 0.6) is 0 Å². The third-order valence-electron chi connectivity index (χ3n) is 3.20. The molecule has 1 fully saturated rings. The van der Waals surface area contributed by atoms with Crippen molar-refractivity contribution in [1.29, 1.82) is 0 Å². The highest BCUT2D eigenvalue weighted by atomic mass is 16.1. The zero-order valence-electron chi connectivity index (χ0n) is 9.75. The van der Waals surface area contributed by atoms with Crippen LogP contribution in [0.2, 0.25) is 0 Å². The summed E-state index contributed by atoms with van der Waals surface area (Å²) in [5.74, 6) is 0.794. The molecule has 0 bridgehead atoms. The first-order chi connectivity index (χ1) is 7.74. The first-order valence-electron chi connectivity index (χ1n) is 6.01. The van der Waals surface area contributed by atoms with Crippen LogP contribution >= 0.6 is 0 Å². The number of aromatic amines is 1. The van der Waals surface area contributed by atoms with Crippen LogP contribution < -0.4 is 11.0 Å². The van der Waals surface area contributed by atoms with Gasteiger partial charge in [-0.15, -0.1) is 0 Å². The van der Waals surface area contributed by atoms with Gasteiger partial charge in [-0.25, -0.2) is 4.79 Å². The quantitative estimate of drug-likeness (QED) is 0.801. The number of H-pyrrole nitrogens is 1. The Morgan fingerprint density at radius 1 is 1.44 bits per heavy atom. The number of aromatic nitrogens is 2. The molecule has 0 aromatic carbocycles. The number of nitrogens with one attached hydrogen (secondary N) is 2. The van der Waals surface area contributed by atoms with E-state index in [0.717, 1.165) is 43.2 Å². The second kappa shape index (κ2) is 5.25. The molecule has 0 radical (unpaired) electrons. The van der Waals surface area contributed by atoms with Crippen LogP contribution in [-0.4, -0.2) is 23.1 Å². The Bertz CT molecular complexity index is 393. The molecule has 2 heterocycles. The monoisotopic (exact) mass is 221 g/mol. The van der Waals surface area contributed by atoms with Gasteiger partial charge in [0.25, 0.3) is 0 Å². The molecule has 88 valence electrons. The van der Waals surface area contributed by atoms with Crippen molar-refractivity contribution in [1.82, 2.24) is 15.3 Å². The van der Waals surface area contributed by atoms with Gasteiger partial charge in [-0.3, -0.25) is 0 Å². The van der Waals surface area contributed by atoms with Gasteiger partial charge >= 0.3 is 5.69 Å². The maximum Gasteiger partial charge on any atom is 0.345 e. The van der Waals surface area contributed by atoms with Crippen molar-refractivity contribution >= 4 is 0 Å². The Morgan fingerprint density at radius 2 is 2.19 bits per heavy atom. The molecule has 1 aromatic rings. The van der Waals surface area contributed by atoms with Gasteiger partial charge in [0, 0.05) is 11.4 Å². The van der Waals surface area contributed by atoms with Crippen molar-refractivity contribution < 1.29 is 0 Å². The van der Waals surface area contributed by atoms with Gasteiger partial charge in [0.2, 0.25) is 0 Å². The molecule has 16 heavy (non-hydrogen) atoms. The van der Waals surface area contributed by atoms with E-state index in [9.17, 15) is 4.79 Å². The first-order valence-corrected chi connectivity index (χ1v) is 6.01. The third kappa shape index (κ3) is 3.17. The van der Waals surface area contributed by atoms with Crippen LogP contribution in [0.15, 0.2) is 10.9 Å². The lowest BCUT2D eigenvalue weighted by atomic mass is 9.92. The lowest BCUT2D eigenvalue weighted by Crippen LogP contribution is -2.28. The van der Waals surface area contributed by atoms with E-state index in [1.807, 2.05) is 13.0 Å². The summed E-state index contributed by atoms with van der Waals surface area (Å²) in [6.45, 7) is 4.16. The number of aryl methyl sites for hydroxylation is 2. The molecular weight excluding hydrogens is 202 g/mol. The SMILES string of the molecule is Cc1cc(CCC2CCNCC2)nc(=O)[nH]1. The second-order valence-electron chi connectivity index (χ2n) is 4.59. The molecule has 1 aliphatic heterocycles. The van der Waals surface area contributed by atoms with Crippen LogP contribution in [0.25, 0.3) is 0 Å². The number of hydrogen-bond acceptors (Lipinski definition) is 3. The van der Waals surface area contributed by atoms with Crippen molar-refractivity contribution in [2.24, 2.45) is 5.92 Å². The van der Waals surface area contributed by atoms with Crippen LogP contribution in [0.1, 0.15) is 30.7 Å². The molecule has 0 aliphatic carbocycles. The largest absolute Gasteiger partial charge is 0.345 e. The van der Waals surface area contributed by atoms with Crippen molar-refractivity contribution in [2.45, 2.75) is 32.6 Å². The summed E-state index contributed by atoms with van der Waals surface area (Å²) in [5.41, 5.74) is 1.61. The standard InChI is InChI=1S/C12H19N3O/c1-9-8-11(15-12(16)14-9)3-2-10-4-6-13-7-5-10/h8,10,13H,2-7H2,1H3,(H,14,15,16). The molecule has 1 aromatic heterocycles. The summed E-state index contributed by atoms with van der Waals surface area (Å²) >= 11 is 0. The van der Waals surface area contributed by atoms with Crippen molar-refractivity contribution in [3.63, 3.8) is 0 Å². The van der Waals surface area contributed by atoms with Crippen molar-refractivity contribution in [3.8, 4) is 0 Å². The fourth-order valence-corrected chi connectivity index (χ4v) is 2.30. The van der Waals surface area contributed by atoms with E-state index in [0.29, 0.717) is 0 Å². The first kappa shape index (κ1) is 11.3. The Hall–Kier alpha value is -1.16. The fraction of sp³-hybridized carbons (Fsp3) is 0.667. The number of hydrogen-bond donors (Lipinski definition) is 2. The molecule has 0 amide bonds. The Labute approximate surface area is 95.5 Å². The molecule has 2 rings (SSSR count). The van der Waals surface area contributed by atoms with E-state index in [2.05, 4.69) is 15.3 Å². The number of nitrogens with zero attached hydrogens (tertiary/aromatic N) is 1. The normalized spacial score (nSPS) is 17.6. The van der Waals surface area contributed by atoms with Crippen LogP contribution in [0, 0.1) is 12.8 Å². The van der Waals surface area contributed by atoms with Crippen LogP contribution in [0.4, 0.5) is 0 Å². The zero-order chi connectivity index (χ0) is 11.4. The van der Waals surface area contributed by atoms with Gasteiger partial charge in [0.1, 0.15) is 0 Å². The van der Waals surface area contributed by atoms with Crippen LogP contribution in [0.3, 0.4) is 0 Å². The minimum Gasteiger partial charge on any atom is -0.317 e. The smallest absolute Gasteiger partial charge is 0.317 e. The van der Waals surface area contributed by atoms with Gasteiger partial charge in [-0.05, 0) is 57.7 Å². The predicted molar refractivity (Wildman–Crippen MR) is 63.5 cm³/mol. The maximum atomic E-state index is 11.2. The zero-order valence-corrected chi connectivity index (χ0v) is 9.75. The lowest BCUT2D eigenvalue weighted by molar-refractivity contribution is 0.353. The molecule has 2 N–H and O–H groups in total. The Kier molecular flexibility index (Phi) is 3.72. The Morgan fingerprint density at radius 3 is 2.88 bits per heavy atom. The minimum atomic E-state index is -0.222. The summed E-state index contributed by atoms with van der Waals surface area (Å²) in [4.78, 5) is 17.8. The predicted octanol–water partition coefficient (Wildman–Crippen LogP) is 1.01. The molecule has 1 aliphatic rings. The third-order valence-corrected chi connectivity index (χ3v) is 3.20. The fourth-order valence-electron chi connectivity index (χ4n) is 2.30. The number of rotatable bonds is 3. The summed E-state index contributed by atoms with van der Waals surface area (Å²) in [6.07, 6.45) is 4.58. The van der Waals surface area contributed by atoms with E-state index in [4.69, 9.17) is 0 Å². The van der Waals surface area contributed by atoms with E-state index < -0.39 is 0 Å². The van der Waals surface area contributed by atoms with Gasteiger partial charge in [0.15, 0.2) is 0 Å². The average molecular weight is 221 g/mol. The average Bonchev–Trinajstić information content (AvgIpc) is 2.27. The maximum absolute atomic E-state index is 11.2. The molecule has 1 saturated heterocycles. The second-order valence-corrected chi connectivity index (χ2v) is 4.59. The Balaban J connectivity index is 1.90. The van der Waals surface area contributed by atoms with E-state index in [1.54, 1.807) is 0 Å². The summed E-state index contributed by atoms with van der Waals surface area (Å²) in [7, 11) is 0. The lowest BCUT2D eigenvalue weighted by Gasteiger charge is -2.22. The topological polar surface area (TPSA) is 57.8 Å². The van der Waals surface area contributed by atoms with Crippen molar-refractivity contribution in [2.75, 3.05) is 13.1 Å². The summed E-state index contributed by atoms with van der Waals surface area (Å²) in [5, 5.41) is 3.36. The highest BCUT2D eigenvalue weighted by Crippen LogP contribution is 2.17. The molecule has 4 nitrogen and oxygen atoms in total. The van der Waals surface area contributed by atoms with Gasteiger partial charge in [-0.1, -0.05) is 0 Å². The van der Waals surface area contributed by atoms with Gasteiger partial charge in [-0.2, -0.15) is 4.98 Å². The molecule has 0 atom stereocenters. The van der Waals surface area contributed by atoms with E-state index in [-0.39, 0.29) is 5.69 Å². The highest BCUT2D eigenvalue weighted by Gasteiger charge is 2.13. The number of piperidine rings is 1. The van der Waals surface area contributed by atoms with E-state index >= 15 is 0 Å². The summed E-state index contributed by atoms with van der Waals surface area (Å²) in [6, 6.07) is 1.97. The van der Waals surface area contributed by atoms with Gasteiger partial charge < -0.3 is 10.3 Å². The minimum absolute atomic E-state index is 0.222.